The predicted octanol–water partition coefficient (Wildman–Crippen LogP) is 5.26. The second-order valence-corrected chi connectivity index (χ2v) is 5.85. The monoisotopic (exact) mass is 313 g/mol. The molecular weight excluding hydrogens is 298 g/mol. The highest BCUT2D eigenvalue weighted by atomic mass is 35.5. The quantitative estimate of drug-likeness (QED) is 0.701. The number of para-hydroxylation sites is 1. The number of furan rings is 1. The Kier molecular flexibility index (Phi) is 3.67. The maximum absolute atomic E-state index is 12.5. The van der Waals surface area contributed by atoms with Gasteiger partial charge in [-0.3, -0.25) is 4.79 Å². The van der Waals surface area contributed by atoms with Crippen molar-refractivity contribution in [1.82, 2.24) is 0 Å². The van der Waals surface area contributed by atoms with Crippen LogP contribution < -0.4 is 5.32 Å². The van der Waals surface area contributed by atoms with Crippen LogP contribution in [0.25, 0.3) is 11.0 Å². The fourth-order valence-electron chi connectivity index (χ4n) is 2.48. The largest absolute Gasteiger partial charge is 0.449 e. The Labute approximate surface area is 133 Å². The van der Waals surface area contributed by atoms with E-state index in [-0.39, 0.29) is 5.91 Å². The van der Waals surface area contributed by atoms with Crippen molar-refractivity contribution in [3.8, 4) is 0 Å². The molecule has 4 heteroatoms. The average Bonchev–Trinajstić information content (AvgIpc) is 2.82. The molecule has 0 saturated heterocycles. The normalized spacial score (nSPS) is 10.9. The van der Waals surface area contributed by atoms with Gasteiger partial charge in [-0.25, -0.2) is 0 Å². The lowest BCUT2D eigenvalue weighted by Gasteiger charge is -2.08. The highest BCUT2D eigenvalue weighted by molar-refractivity contribution is 6.35. The van der Waals surface area contributed by atoms with E-state index in [1.165, 1.54) is 0 Å². The number of carbonyl (C=O) groups excluding carboxylic acids is 1. The summed E-state index contributed by atoms with van der Waals surface area (Å²) in [6.07, 6.45) is 0. The zero-order valence-corrected chi connectivity index (χ0v) is 13.4. The van der Waals surface area contributed by atoms with E-state index in [2.05, 4.69) is 5.32 Å². The van der Waals surface area contributed by atoms with Gasteiger partial charge in [0.05, 0.1) is 5.02 Å². The standard InChI is InChI=1S/C18H16ClNO2/c1-10-7-8-11(2)15(9-10)20-18(21)16-12(3)13-5-4-6-14(19)17(13)22-16/h4-9H,1-3H3,(H,20,21). The van der Waals surface area contributed by atoms with Crippen molar-refractivity contribution in [2.45, 2.75) is 20.8 Å². The third-order valence-electron chi connectivity index (χ3n) is 3.76. The van der Waals surface area contributed by atoms with Crippen molar-refractivity contribution >= 4 is 34.2 Å². The molecular formula is C18H16ClNO2. The van der Waals surface area contributed by atoms with Crippen LogP contribution in [0.2, 0.25) is 5.02 Å². The minimum atomic E-state index is -0.265. The number of nitrogens with one attached hydrogen (secondary N) is 1. The van der Waals surface area contributed by atoms with Crippen molar-refractivity contribution in [3.63, 3.8) is 0 Å². The zero-order valence-electron chi connectivity index (χ0n) is 12.7. The molecule has 0 aliphatic rings. The van der Waals surface area contributed by atoms with E-state index in [0.29, 0.717) is 16.4 Å². The molecule has 0 bridgehead atoms. The van der Waals surface area contributed by atoms with Gasteiger partial charge in [0.25, 0.3) is 5.91 Å². The third kappa shape index (κ3) is 2.48. The first kappa shape index (κ1) is 14.7. The predicted molar refractivity (Wildman–Crippen MR) is 89.8 cm³/mol. The van der Waals surface area contributed by atoms with Gasteiger partial charge in [0.1, 0.15) is 0 Å². The van der Waals surface area contributed by atoms with E-state index in [1.807, 2.05) is 51.1 Å². The number of amides is 1. The van der Waals surface area contributed by atoms with Gasteiger partial charge < -0.3 is 9.73 Å². The summed E-state index contributed by atoms with van der Waals surface area (Å²) in [5.74, 6) is 0.0301. The number of benzene rings is 2. The fourth-order valence-corrected chi connectivity index (χ4v) is 2.69. The summed E-state index contributed by atoms with van der Waals surface area (Å²) < 4.78 is 5.69. The van der Waals surface area contributed by atoms with Gasteiger partial charge in [-0.15, -0.1) is 0 Å². The third-order valence-corrected chi connectivity index (χ3v) is 4.06. The van der Waals surface area contributed by atoms with Crippen molar-refractivity contribution in [2.24, 2.45) is 0 Å². The molecule has 0 fully saturated rings. The van der Waals surface area contributed by atoms with E-state index in [0.717, 1.165) is 27.8 Å². The lowest BCUT2D eigenvalue weighted by atomic mass is 10.1. The molecule has 0 unspecified atom stereocenters. The van der Waals surface area contributed by atoms with Gasteiger partial charge >= 0.3 is 0 Å². The fraction of sp³-hybridized carbons (Fsp3) is 0.167. The number of halogens is 1. The lowest BCUT2D eigenvalue weighted by molar-refractivity contribution is 0.0998. The number of anilines is 1. The number of fused-ring (bicyclic) bond motifs is 1. The van der Waals surface area contributed by atoms with Crippen LogP contribution >= 0.6 is 11.6 Å². The first-order chi connectivity index (χ1) is 10.5. The summed E-state index contributed by atoms with van der Waals surface area (Å²) in [7, 11) is 0. The molecule has 0 spiro atoms. The molecule has 3 rings (SSSR count). The maximum atomic E-state index is 12.5. The Morgan fingerprint density at radius 3 is 2.64 bits per heavy atom. The van der Waals surface area contributed by atoms with Crippen molar-refractivity contribution < 1.29 is 9.21 Å². The highest BCUT2D eigenvalue weighted by Gasteiger charge is 2.19. The molecule has 0 radical (unpaired) electrons. The van der Waals surface area contributed by atoms with E-state index >= 15 is 0 Å². The summed E-state index contributed by atoms with van der Waals surface area (Å²) >= 11 is 6.13. The molecule has 22 heavy (non-hydrogen) atoms. The molecule has 1 aromatic heterocycles. The van der Waals surface area contributed by atoms with E-state index < -0.39 is 0 Å². The lowest BCUT2D eigenvalue weighted by Crippen LogP contribution is -2.13. The summed E-state index contributed by atoms with van der Waals surface area (Å²) in [5.41, 5.74) is 4.22. The molecule has 3 aromatic rings. The number of rotatable bonds is 2. The molecule has 1 amide bonds. The second-order valence-electron chi connectivity index (χ2n) is 5.45. The Balaban J connectivity index is 2.01. The van der Waals surface area contributed by atoms with Crippen LogP contribution in [-0.4, -0.2) is 5.91 Å². The van der Waals surface area contributed by atoms with E-state index in [1.54, 1.807) is 6.07 Å². The first-order valence-electron chi connectivity index (χ1n) is 7.03. The smallest absolute Gasteiger partial charge is 0.291 e. The molecule has 1 N–H and O–H groups in total. The summed E-state index contributed by atoms with van der Waals surface area (Å²) in [6.45, 7) is 5.80. The summed E-state index contributed by atoms with van der Waals surface area (Å²) in [6, 6.07) is 11.4. The molecule has 0 saturated carbocycles. The van der Waals surface area contributed by atoms with Crippen LogP contribution in [0.4, 0.5) is 5.69 Å². The van der Waals surface area contributed by atoms with Gasteiger partial charge in [-0.1, -0.05) is 35.9 Å². The first-order valence-corrected chi connectivity index (χ1v) is 7.41. The topological polar surface area (TPSA) is 42.2 Å². The van der Waals surface area contributed by atoms with Crippen LogP contribution in [0, 0.1) is 20.8 Å². The minimum Gasteiger partial charge on any atom is -0.449 e. The Hall–Kier alpha value is -2.26. The SMILES string of the molecule is Cc1ccc(C)c(NC(=O)c2oc3c(Cl)cccc3c2C)c1. The van der Waals surface area contributed by atoms with Crippen LogP contribution in [0.5, 0.6) is 0 Å². The summed E-state index contributed by atoms with van der Waals surface area (Å²) in [4.78, 5) is 12.5. The van der Waals surface area contributed by atoms with E-state index in [9.17, 15) is 4.79 Å². The Morgan fingerprint density at radius 1 is 1.14 bits per heavy atom. The van der Waals surface area contributed by atoms with Gasteiger partial charge in [-0.05, 0) is 44.0 Å². The number of hydrogen-bond acceptors (Lipinski definition) is 2. The van der Waals surface area contributed by atoms with Gasteiger partial charge in [0.2, 0.25) is 0 Å². The number of hydrogen-bond donors (Lipinski definition) is 1. The van der Waals surface area contributed by atoms with Crippen LogP contribution in [0.1, 0.15) is 27.2 Å². The highest BCUT2D eigenvalue weighted by Crippen LogP contribution is 2.31. The van der Waals surface area contributed by atoms with E-state index in [4.69, 9.17) is 16.0 Å². The molecule has 112 valence electrons. The van der Waals surface area contributed by atoms with Crippen LogP contribution in [0.15, 0.2) is 40.8 Å². The number of carbonyl (C=O) groups is 1. The van der Waals surface area contributed by atoms with Crippen molar-refractivity contribution in [3.05, 3.63) is 63.9 Å². The van der Waals surface area contributed by atoms with Gasteiger partial charge in [-0.2, -0.15) is 0 Å². The zero-order chi connectivity index (χ0) is 15.9. The van der Waals surface area contributed by atoms with Crippen molar-refractivity contribution in [1.29, 1.82) is 0 Å². The number of aryl methyl sites for hydroxylation is 3. The summed E-state index contributed by atoms with van der Waals surface area (Å²) in [5, 5.41) is 4.28. The van der Waals surface area contributed by atoms with Crippen LogP contribution in [-0.2, 0) is 0 Å². The molecule has 2 aromatic carbocycles. The maximum Gasteiger partial charge on any atom is 0.291 e. The Bertz CT molecular complexity index is 880. The average molecular weight is 314 g/mol. The molecule has 0 aliphatic heterocycles. The molecule has 0 atom stereocenters. The molecule has 3 nitrogen and oxygen atoms in total. The van der Waals surface area contributed by atoms with Gasteiger partial charge in [0, 0.05) is 16.6 Å². The van der Waals surface area contributed by atoms with Crippen LogP contribution in [0.3, 0.4) is 0 Å². The minimum absolute atomic E-state index is 0.265. The van der Waals surface area contributed by atoms with Crippen molar-refractivity contribution in [2.75, 3.05) is 5.32 Å². The van der Waals surface area contributed by atoms with Gasteiger partial charge in [0.15, 0.2) is 11.3 Å². The molecule has 1 heterocycles. The second kappa shape index (κ2) is 5.50. The molecule has 0 aliphatic carbocycles. The Morgan fingerprint density at radius 2 is 1.91 bits per heavy atom.